The van der Waals surface area contributed by atoms with Crippen molar-refractivity contribution in [3.05, 3.63) is 28.0 Å². The molecule has 0 amide bonds. The summed E-state index contributed by atoms with van der Waals surface area (Å²) < 4.78 is 16.6. The minimum Gasteiger partial charge on any atom is -0.405 e. The number of rotatable bonds is 3. The second kappa shape index (κ2) is 4.33. The highest BCUT2D eigenvalue weighted by Gasteiger charge is 2.54. The number of hydrogen-bond donors (Lipinski definition) is 1. The van der Waals surface area contributed by atoms with Crippen molar-refractivity contribution in [2.45, 2.75) is 44.8 Å². The Morgan fingerprint density at radius 1 is 1.26 bits per heavy atom. The van der Waals surface area contributed by atoms with Gasteiger partial charge in [-0.1, -0.05) is 0 Å². The van der Waals surface area contributed by atoms with Gasteiger partial charge in [0.15, 0.2) is 0 Å². The molecular formula is C11H17BN2O5. The summed E-state index contributed by atoms with van der Waals surface area (Å²) in [4.78, 5) is 9.96. The topological polar surface area (TPSA) is 101 Å². The third-order valence-corrected chi connectivity index (χ3v) is 3.69. The minimum absolute atomic E-state index is 0.269. The van der Waals surface area contributed by atoms with Gasteiger partial charge in [-0.25, -0.2) is 0 Å². The number of nitrogens with two attached hydrogens (primary N) is 1. The normalized spacial score (nSPS) is 22.5. The lowest BCUT2D eigenvalue weighted by molar-refractivity contribution is -0.402. The van der Waals surface area contributed by atoms with Crippen LogP contribution in [0.4, 0.5) is 5.88 Å². The van der Waals surface area contributed by atoms with E-state index in [1.807, 2.05) is 27.7 Å². The first-order valence-electron chi connectivity index (χ1n) is 5.99. The Hall–Kier alpha value is -1.38. The minimum atomic E-state index is -0.713. The van der Waals surface area contributed by atoms with Gasteiger partial charge in [-0.3, -0.25) is 10.1 Å². The molecule has 0 unspecified atom stereocenters. The molecule has 1 aliphatic rings. The lowest BCUT2D eigenvalue weighted by Gasteiger charge is -2.32. The molecule has 104 valence electrons. The van der Waals surface area contributed by atoms with Crippen molar-refractivity contribution >= 4 is 13.0 Å². The lowest BCUT2D eigenvalue weighted by Crippen LogP contribution is -2.41. The Kier molecular flexibility index (Phi) is 3.20. The van der Waals surface area contributed by atoms with E-state index in [0.717, 1.165) is 0 Å². The molecule has 2 rings (SSSR count). The average molecular weight is 268 g/mol. The highest BCUT2D eigenvalue weighted by Crippen LogP contribution is 2.39. The zero-order valence-corrected chi connectivity index (χ0v) is 11.4. The molecule has 2 heterocycles. The molecule has 0 bridgehead atoms. The standard InChI is InChI=1S/C11H17BN2O5/c1-10(2)11(3,4)19-12(18-10)9(13)7-5-6-8(17-7)14(15)16/h5-6,9H,13H2,1-4H3/t9-/m1/s1. The summed E-state index contributed by atoms with van der Waals surface area (Å²) >= 11 is 0. The van der Waals surface area contributed by atoms with E-state index in [1.165, 1.54) is 12.1 Å². The van der Waals surface area contributed by atoms with Crippen LogP contribution in [-0.4, -0.2) is 23.2 Å². The first kappa shape index (κ1) is 14.0. The second-order valence-corrected chi connectivity index (χ2v) is 5.58. The van der Waals surface area contributed by atoms with Crippen molar-refractivity contribution in [1.82, 2.24) is 0 Å². The summed E-state index contributed by atoms with van der Waals surface area (Å²) in [7, 11) is -0.698. The van der Waals surface area contributed by atoms with Crippen molar-refractivity contribution in [3.63, 3.8) is 0 Å². The first-order valence-corrected chi connectivity index (χ1v) is 5.99. The van der Waals surface area contributed by atoms with Crippen LogP contribution in [0.2, 0.25) is 0 Å². The van der Waals surface area contributed by atoms with Gasteiger partial charge in [0.25, 0.3) is 0 Å². The van der Waals surface area contributed by atoms with E-state index in [1.54, 1.807) is 0 Å². The van der Waals surface area contributed by atoms with Gasteiger partial charge < -0.3 is 19.5 Å². The van der Waals surface area contributed by atoms with Gasteiger partial charge in [0.1, 0.15) is 10.7 Å². The molecule has 0 aliphatic carbocycles. The summed E-state index contributed by atoms with van der Waals surface area (Å²) in [5.74, 6) is -0.790. The molecule has 8 heteroatoms. The monoisotopic (exact) mass is 268 g/mol. The lowest BCUT2D eigenvalue weighted by atomic mass is 9.77. The van der Waals surface area contributed by atoms with Crippen molar-refractivity contribution < 1.29 is 18.6 Å². The zero-order chi connectivity index (χ0) is 14.4. The van der Waals surface area contributed by atoms with E-state index in [-0.39, 0.29) is 11.6 Å². The Balaban J connectivity index is 2.17. The SMILES string of the molecule is CC1(C)OB([C@H](N)c2ccc([N+](=O)[O-])o2)OC1(C)C. The summed E-state index contributed by atoms with van der Waals surface area (Å²) in [5.41, 5.74) is 4.98. The van der Waals surface area contributed by atoms with Crippen molar-refractivity contribution in [2.24, 2.45) is 5.73 Å². The molecule has 0 spiro atoms. The molecule has 1 fully saturated rings. The molecule has 2 N–H and O–H groups in total. The van der Waals surface area contributed by atoms with Gasteiger partial charge in [-0.15, -0.1) is 0 Å². The molecule has 0 saturated carbocycles. The van der Waals surface area contributed by atoms with E-state index >= 15 is 0 Å². The number of nitro groups is 1. The Morgan fingerprint density at radius 3 is 2.21 bits per heavy atom. The quantitative estimate of drug-likeness (QED) is 0.509. The third-order valence-electron chi connectivity index (χ3n) is 3.69. The number of nitrogens with zero attached hydrogens (tertiary/aromatic N) is 1. The smallest absolute Gasteiger partial charge is 0.405 e. The van der Waals surface area contributed by atoms with Crippen LogP contribution in [0, 0.1) is 10.1 Å². The molecule has 1 aromatic heterocycles. The summed E-state index contributed by atoms with van der Waals surface area (Å²) in [6.07, 6.45) is 0. The molecule has 19 heavy (non-hydrogen) atoms. The highest BCUT2D eigenvalue weighted by molar-refractivity contribution is 6.47. The zero-order valence-electron chi connectivity index (χ0n) is 11.4. The van der Waals surface area contributed by atoms with Gasteiger partial charge in [-0.05, 0) is 33.8 Å². The summed E-state index contributed by atoms with van der Waals surface area (Å²) in [6.45, 7) is 7.63. The van der Waals surface area contributed by atoms with Crippen LogP contribution in [0.15, 0.2) is 16.5 Å². The van der Waals surface area contributed by atoms with E-state index in [9.17, 15) is 10.1 Å². The average Bonchev–Trinajstić information content (AvgIpc) is 2.82. The largest absolute Gasteiger partial charge is 0.483 e. The molecule has 7 nitrogen and oxygen atoms in total. The summed E-state index contributed by atoms with van der Waals surface area (Å²) in [5, 5.41) is 10.6. The van der Waals surface area contributed by atoms with E-state index in [2.05, 4.69) is 0 Å². The second-order valence-electron chi connectivity index (χ2n) is 5.58. The van der Waals surface area contributed by atoms with E-state index < -0.39 is 29.2 Å². The van der Waals surface area contributed by atoms with Crippen LogP contribution in [0.5, 0.6) is 0 Å². The van der Waals surface area contributed by atoms with Gasteiger partial charge in [-0.2, -0.15) is 0 Å². The van der Waals surface area contributed by atoms with Crippen molar-refractivity contribution in [2.75, 3.05) is 0 Å². The fourth-order valence-corrected chi connectivity index (χ4v) is 1.79. The highest BCUT2D eigenvalue weighted by atomic mass is 16.7. The molecular weight excluding hydrogens is 251 g/mol. The van der Waals surface area contributed by atoms with Gasteiger partial charge in [0.2, 0.25) is 0 Å². The Labute approximate surface area is 111 Å². The summed E-state index contributed by atoms with van der Waals surface area (Å²) in [6, 6.07) is 2.73. The maximum absolute atomic E-state index is 10.6. The number of hydrogen-bond acceptors (Lipinski definition) is 6. The van der Waals surface area contributed by atoms with Crippen molar-refractivity contribution in [1.29, 1.82) is 0 Å². The van der Waals surface area contributed by atoms with Gasteiger partial charge in [0, 0.05) is 0 Å². The first-order chi connectivity index (χ1) is 8.64. The van der Waals surface area contributed by atoms with Crippen LogP contribution >= 0.6 is 0 Å². The molecule has 1 saturated heterocycles. The fraction of sp³-hybridized carbons (Fsp3) is 0.636. The van der Waals surface area contributed by atoms with E-state index in [4.69, 9.17) is 19.5 Å². The van der Waals surface area contributed by atoms with Gasteiger partial charge >= 0.3 is 13.0 Å². The van der Waals surface area contributed by atoms with Crippen LogP contribution in [0.25, 0.3) is 0 Å². The fourth-order valence-electron chi connectivity index (χ4n) is 1.79. The molecule has 1 atom stereocenters. The third kappa shape index (κ3) is 2.38. The van der Waals surface area contributed by atoms with Crippen molar-refractivity contribution in [3.8, 4) is 0 Å². The molecule has 1 aromatic rings. The predicted molar refractivity (Wildman–Crippen MR) is 68.4 cm³/mol. The van der Waals surface area contributed by atoms with Crippen LogP contribution < -0.4 is 5.73 Å². The molecule has 0 radical (unpaired) electrons. The number of furan rings is 1. The van der Waals surface area contributed by atoms with Gasteiger partial charge in [0.05, 0.1) is 23.2 Å². The molecule has 1 aliphatic heterocycles. The molecule has 0 aromatic carbocycles. The van der Waals surface area contributed by atoms with Crippen LogP contribution in [0.3, 0.4) is 0 Å². The van der Waals surface area contributed by atoms with Crippen LogP contribution in [-0.2, 0) is 9.31 Å². The van der Waals surface area contributed by atoms with E-state index in [0.29, 0.717) is 0 Å². The Bertz CT molecular complexity index is 483. The maximum Gasteiger partial charge on any atom is 0.483 e. The Morgan fingerprint density at radius 2 is 1.79 bits per heavy atom. The maximum atomic E-state index is 10.6. The predicted octanol–water partition coefficient (Wildman–Crippen LogP) is 1.82. The van der Waals surface area contributed by atoms with Crippen LogP contribution in [0.1, 0.15) is 39.4 Å².